The molecule has 4 heteroatoms. The smallest absolute Gasteiger partial charge is 0.336 e. The number of pyridine rings is 1. The lowest BCUT2D eigenvalue weighted by Crippen LogP contribution is -2.09. The van der Waals surface area contributed by atoms with Gasteiger partial charge in [0.2, 0.25) is 0 Å². The van der Waals surface area contributed by atoms with Crippen LogP contribution in [0.5, 0.6) is 0 Å². The number of carboxylic acid groups (broad SMARTS) is 1. The Bertz CT molecular complexity index is 639. The van der Waals surface area contributed by atoms with Crippen molar-refractivity contribution in [1.82, 2.24) is 9.38 Å². The van der Waals surface area contributed by atoms with Crippen LogP contribution in [0.3, 0.4) is 0 Å². The van der Waals surface area contributed by atoms with Crippen molar-refractivity contribution in [3.8, 4) is 0 Å². The van der Waals surface area contributed by atoms with Gasteiger partial charge in [0.15, 0.2) is 0 Å². The number of nitrogens with zero attached hydrogens (tertiary/aromatic N) is 2. The van der Waals surface area contributed by atoms with Crippen molar-refractivity contribution in [2.45, 2.75) is 45.4 Å². The molecule has 1 aliphatic rings. The Kier molecular flexibility index (Phi) is 3.47. The third-order valence-electron chi connectivity index (χ3n) is 4.38. The van der Waals surface area contributed by atoms with Gasteiger partial charge in [-0.25, -0.2) is 9.78 Å². The van der Waals surface area contributed by atoms with E-state index in [1.54, 1.807) is 12.3 Å². The quantitative estimate of drug-likeness (QED) is 0.930. The Morgan fingerprint density at radius 2 is 2.15 bits per heavy atom. The lowest BCUT2D eigenvalue weighted by molar-refractivity contribution is 0.0696. The summed E-state index contributed by atoms with van der Waals surface area (Å²) in [5, 5.41) is 9.16. The van der Waals surface area contributed by atoms with Gasteiger partial charge in [0.25, 0.3) is 0 Å². The molecule has 0 saturated heterocycles. The van der Waals surface area contributed by atoms with Crippen LogP contribution in [0.1, 0.15) is 53.7 Å². The summed E-state index contributed by atoms with van der Waals surface area (Å²) in [5.41, 5.74) is 2.94. The van der Waals surface area contributed by atoms with Crippen LogP contribution in [0.2, 0.25) is 0 Å². The highest BCUT2D eigenvalue weighted by atomic mass is 16.4. The second-order valence-electron chi connectivity index (χ2n) is 5.83. The van der Waals surface area contributed by atoms with Crippen LogP contribution in [-0.4, -0.2) is 20.5 Å². The first-order valence-electron chi connectivity index (χ1n) is 7.35. The lowest BCUT2D eigenvalue weighted by Gasteiger charge is -2.20. The molecule has 0 atom stereocenters. The molecular weight excluding hydrogens is 252 g/mol. The van der Waals surface area contributed by atoms with Crippen molar-refractivity contribution in [2.75, 3.05) is 0 Å². The number of rotatable bonds is 3. The fourth-order valence-electron chi connectivity index (χ4n) is 3.25. The zero-order chi connectivity index (χ0) is 14.1. The summed E-state index contributed by atoms with van der Waals surface area (Å²) >= 11 is 0. The highest BCUT2D eigenvalue weighted by Gasteiger charge is 2.17. The van der Waals surface area contributed by atoms with Gasteiger partial charge in [0.05, 0.1) is 11.3 Å². The van der Waals surface area contributed by atoms with E-state index in [4.69, 9.17) is 5.11 Å². The molecule has 0 aromatic carbocycles. The van der Waals surface area contributed by atoms with Gasteiger partial charge in [-0.1, -0.05) is 32.1 Å². The van der Waals surface area contributed by atoms with Gasteiger partial charge in [0.1, 0.15) is 5.65 Å². The molecule has 1 N–H and O–H groups in total. The Balaban J connectivity index is 1.90. The number of carboxylic acids is 1. The van der Waals surface area contributed by atoms with E-state index < -0.39 is 5.97 Å². The third-order valence-corrected chi connectivity index (χ3v) is 4.38. The van der Waals surface area contributed by atoms with Crippen LogP contribution in [0.15, 0.2) is 18.5 Å². The van der Waals surface area contributed by atoms with E-state index in [0.717, 1.165) is 29.2 Å². The summed E-state index contributed by atoms with van der Waals surface area (Å²) in [5.74, 6) is -0.144. The van der Waals surface area contributed by atoms with E-state index in [-0.39, 0.29) is 0 Å². The Morgan fingerprint density at radius 1 is 1.40 bits per heavy atom. The highest BCUT2D eigenvalue weighted by Crippen LogP contribution is 2.27. The lowest BCUT2D eigenvalue weighted by atomic mass is 9.86. The largest absolute Gasteiger partial charge is 0.478 e. The monoisotopic (exact) mass is 272 g/mol. The zero-order valence-electron chi connectivity index (χ0n) is 11.8. The summed E-state index contributed by atoms with van der Waals surface area (Å²) < 4.78 is 1.94. The summed E-state index contributed by atoms with van der Waals surface area (Å²) in [6.45, 7) is 1.83. The molecular formula is C16H20N2O2. The van der Waals surface area contributed by atoms with Crippen molar-refractivity contribution in [1.29, 1.82) is 0 Å². The summed E-state index contributed by atoms with van der Waals surface area (Å²) in [6, 6.07) is 1.65. The van der Waals surface area contributed by atoms with Gasteiger partial charge in [-0.2, -0.15) is 0 Å². The molecule has 2 heterocycles. The molecule has 0 unspecified atom stereocenters. The molecule has 4 nitrogen and oxygen atoms in total. The first kappa shape index (κ1) is 13.2. The number of hydrogen-bond donors (Lipinski definition) is 1. The molecule has 1 fully saturated rings. The summed E-state index contributed by atoms with van der Waals surface area (Å²) in [4.78, 5) is 15.8. The standard InChI is InChI=1S/C16H20N2O2/c1-11-14(16(19)20)7-8-18-10-13(17-15(11)18)9-12-5-3-2-4-6-12/h7-8,10,12H,2-6,9H2,1H3,(H,19,20). The molecule has 0 aliphatic heterocycles. The number of carbonyl (C=O) groups is 1. The second kappa shape index (κ2) is 5.27. The van der Waals surface area contributed by atoms with Crippen LogP contribution in [0.25, 0.3) is 5.65 Å². The molecule has 0 bridgehead atoms. The maximum absolute atomic E-state index is 11.2. The van der Waals surface area contributed by atoms with Crippen LogP contribution in [0.4, 0.5) is 0 Å². The maximum Gasteiger partial charge on any atom is 0.336 e. The van der Waals surface area contributed by atoms with Gasteiger partial charge >= 0.3 is 5.97 Å². The van der Waals surface area contributed by atoms with E-state index in [2.05, 4.69) is 4.98 Å². The Labute approximate surface area is 118 Å². The van der Waals surface area contributed by atoms with Gasteiger partial charge in [-0.3, -0.25) is 0 Å². The Morgan fingerprint density at radius 3 is 2.85 bits per heavy atom. The van der Waals surface area contributed by atoms with Crippen LogP contribution >= 0.6 is 0 Å². The zero-order valence-corrected chi connectivity index (χ0v) is 11.8. The normalized spacial score (nSPS) is 16.6. The van der Waals surface area contributed by atoms with Crippen molar-refractivity contribution in [2.24, 2.45) is 5.92 Å². The predicted octanol–water partition coefficient (Wildman–Crippen LogP) is 3.46. The minimum atomic E-state index is -0.887. The predicted molar refractivity (Wildman–Crippen MR) is 77.2 cm³/mol. The molecule has 0 radical (unpaired) electrons. The van der Waals surface area contributed by atoms with Crippen molar-refractivity contribution in [3.05, 3.63) is 35.3 Å². The molecule has 2 aromatic heterocycles. The van der Waals surface area contributed by atoms with Crippen molar-refractivity contribution in [3.63, 3.8) is 0 Å². The molecule has 2 aromatic rings. The average Bonchev–Trinajstić information content (AvgIpc) is 2.83. The molecule has 0 spiro atoms. The number of fused-ring (bicyclic) bond motifs is 1. The minimum Gasteiger partial charge on any atom is -0.478 e. The SMILES string of the molecule is Cc1c(C(=O)O)ccn2cc(CC3CCCCC3)nc12. The first-order chi connectivity index (χ1) is 9.65. The van der Waals surface area contributed by atoms with Crippen molar-refractivity contribution >= 4 is 11.6 Å². The van der Waals surface area contributed by atoms with Crippen LogP contribution < -0.4 is 0 Å². The number of imidazole rings is 1. The third kappa shape index (κ3) is 2.42. The summed E-state index contributed by atoms with van der Waals surface area (Å²) in [7, 11) is 0. The van der Waals surface area contributed by atoms with Gasteiger partial charge in [-0.05, 0) is 25.3 Å². The molecule has 3 rings (SSSR count). The topological polar surface area (TPSA) is 54.6 Å². The molecule has 1 saturated carbocycles. The fourth-order valence-corrected chi connectivity index (χ4v) is 3.25. The van der Waals surface area contributed by atoms with Crippen LogP contribution in [-0.2, 0) is 6.42 Å². The van der Waals surface area contributed by atoms with E-state index >= 15 is 0 Å². The molecule has 1 aliphatic carbocycles. The second-order valence-corrected chi connectivity index (χ2v) is 5.83. The van der Waals surface area contributed by atoms with E-state index in [1.165, 1.54) is 32.1 Å². The van der Waals surface area contributed by atoms with Gasteiger partial charge in [-0.15, -0.1) is 0 Å². The minimum absolute atomic E-state index is 0.340. The molecule has 106 valence electrons. The average molecular weight is 272 g/mol. The van der Waals surface area contributed by atoms with Gasteiger partial charge < -0.3 is 9.51 Å². The maximum atomic E-state index is 11.2. The van der Waals surface area contributed by atoms with E-state index in [1.807, 2.05) is 17.5 Å². The van der Waals surface area contributed by atoms with E-state index in [9.17, 15) is 4.79 Å². The van der Waals surface area contributed by atoms with Crippen molar-refractivity contribution < 1.29 is 9.90 Å². The van der Waals surface area contributed by atoms with E-state index in [0.29, 0.717) is 5.56 Å². The van der Waals surface area contributed by atoms with Gasteiger partial charge in [0, 0.05) is 18.0 Å². The number of aromatic nitrogens is 2. The summed E-state index contributed by atoms with van der Waals surface area (Å²) in [6.07, 6.45) is 11.5. The number of aromatic carboxylic acids is 1. The molecule has 20 heavy (non-hydrogen) atoms. The first-order valence-corrected chi connectivity index (χ1v) is 7.35. The Hall–Kier alpha value is -1.84. The van der Waals surface area contributed by atoms with Crippen LogP contribution in [0, 0.1) is 12.8 Å². The molecule has 0 amide bonds. The highest BCUT2D eigenvalue weighted by molar-refractivity contribution is 5.91. The number of hydrogen-bond acceptors (Lipinski definition) is 2. The number of aryl methyl sites for hydroxylation is 1. The fraction of sp³-hybridized carbons (Fsp3) is 0.500.